The maximum Gasteiger partial charge on any atom is 0.328 e. The lowest BCUT2D eigenvalue weighted by Gasteiger charge is -2.16. The van der Waals surface area contributed by atoms with Crippen molar-refractivity contribution in [1.29, 1.82) is 0 Å². The number of benzene rings is 1. The van der Waals surface area contributed by atoms with E-state index >= 15 is 0 Å². The Bertz CT molecular complexity index is 506. The second kappa shape index (κ2) is 8.56. The molecule has 0 aliphatic rings. The molecule has 1 unspecified atom stereocenters. The largest absolute Gasteiger partial charge is 0.467 e. The Morgan fingerprint density at radius 3 is 2.57 bits per heavy atom. The normalized spacial score (nSPS) is 11.6. The van der Waals surface area contributed by atoms with Crippen molar-refractivity contribution in [2.75, 3.05) is 24.4 Å². The van der Waals surface area contributed by atoms with Gasteiger partial charge < -0.3 is 15.4 Å². The third-order valence-corrected chi connectivity index (χ3v) is 3.81. The van der Waals surface area contributed by atoms with Crippen LogP contribution < -0.4 is 10.6 Å². The third kappa shape index (κ3) is 5.67. The predicted octanol–water partition coefficient (Wildman–Crippen LogP) is 2.72. The summed E-state index contributed by atoms with van der Waals surface area (Å²) in [6.07, 6.45) is 2.48. The van der Waals surface area contributed by atoms with Crippen LogP contribution in [0.3, 0.4) is 0 Å². The molecular formula is C15H22N2O3S. The van der Waals surface area contributed by atoms with E-state index in [1.54, 1.807) is 11.8 Å². The number of anilines is 1. The molecule has 0 aliphatic heterocycles. The molecule has 1 atom stereocenters. The number of nitrogens with one attached hydrogen (secondary N) is 2. The number of aryl methyl sites for hydroxylation is 2. The summed E-state index contributed by atoms with van der Waals surface area (Å²) in [4.78, 5) is 23.6. The van der Waals surface area contributed by atoms with Crippen LogP contribution in [-0.4, -0.2) is 37.2 Å². The maximum absolute atomic E-state index is 12.0. The number of methoxy groups -OCH3 is 1. The Labute approximate surface area is 129 Å². The van der Waals surface area contributed by atoms with Gasteiger partial charge in [-0.3, -0.25) is 0 Å². The minimum absolute atomic E-state index is 0.408. The Kier molecular flexibility index (Phi) is 7.08. The van der Waals surface area contributed by atoms with Crippen molar-refractivity contribution in [3.63, 3.8) is 0 Å². The number of carbonyl (C=O) groups excluding carboxylic acids is 2. The third-order valence-electron chi connectivity index (χ3n) is 3.17. The van der Waals surface area contributed by atoms with E-state index in [0.717, 1.165) is 16.9 Å². The Morgan fingerprint density at radius 1 is 1.29 bits per heavy atom. The van der Waals surface area contributed by atoms with Crippen LogP contribution in [0.5, 0.6) is 0 Å². The number of rotatable bonds is 6. The van der Waals surface area contributed by atoms with E-state index in [4.69, 9.17) is 4.74 Å². The Hall–Kier alpha value is -1.69. The van der Waals surface area contributed by atoms with E-state index in [1.165, 1.54) is 7.11 Å². The average molecular weight is 310 g/mol. The lowest BCUT2D eigenvalue weighted by Crippen LogP contribution is -2.44. The van der Waals surface area contributed by atoms with Crippen molar-refractivity contribution < 1.29 is 14.3 Å². The van der Waals surface area contributed by atoms with Gasteiger partial charge in [0.2, 0.25) is 0 Å². The number of carbonyl (C=O) groups is 2. The summed E-state index contributed by atoms with van der Waals surface area (Å²) in [5.41, 5.74) is 2.96. The molecule has 0 aromatic heterocycles. The van der Waals surface area contributed by atoms with Gasteiger partial charge in [-0.15, -0.1) is 0 Å². The van der Waals surface area contributed by atoms with Crippen molar-refractivity contribution in [3.8, 4) is 0 Å². The lowest BCUT2D eigenvalue weighted by molar-refractivity contribution is -0.142. The van der Waals surface area contributed by atoms with Gasteiger partial charge in [0.25, 0.3) is 0 Å². The van der Waals surface area contributed by atoms with Crippen LogP contribution in [0, 0.1) is 13.8 Å². The van der Waals surface area contributed by atoms with Crippen LogP contribution in [-0.2, 0) is 9.53 Å². The molecule has 2 amide bonds. The molecule has 0 saturated heterocycles. The van der Waals surface area contributed by atoms with E-state index in [1.807, 2.05) is 38.3 Å². The van der Waals surface area contributed by atoms with Crippen molar-refractivity contribution in [2.24, 2.45) is 0 Å². The molecule has 0 fully saturated rings. The highest BCUT2D eigenvalue weighted by atomic mass is 32.2. The molecular weight excluding hydrogens is 288 g/mol. The van der Waals surface area contributed by atoms with Crippen LogP contribution >= 0.6 is 11.8 Å². The zero-order chi connectivity index (χ0) is 15.8. The zero-order valence-corrected chi connectivity index (χ0v) is 13.7. The summed E-state index contributed by atoms with van der Waals surface area (Å²) >= 11 is 1.61. The monoisotopic (exact) mass is 310 g/mol. The Balaban J connectivity index is 2.64. The summed E-state index contributed by atoms with van der Waals surface area (Å²) in [5.74, 6) is 0.336. The number of hydrogen-bond donors (Lipinski definition) is 2. The number of hydrogen-bond acceptors (Lipinski definition) is 4. The highest BCUT2D eigenvalue weighted by Gasteiger charge is 2.20. The SMILES string of the molecule is COC(=O)C(CCSC)NC(=O)Nc1ccc(C)c(C)c1. The molecule has 2 N–H and O–H groups in total. The van der Waals surface area contributed by atoms with Gasteiger partial charge in [0.1, 0.15) is 6.04 Å². The van der Waals surface area contributed by atoms with Crippen molar-refractivity contribution >= 4 is 29.4 Å². The smallest absolute Gasteiger partial charge is 0.328 e. The molecule has 5 nitrogen and oxygen atoms in total. The van der Waals surface area contributed by atoms with Gasteiger partial charge in [-0.2, -0.15) is 11.8 Å². The average Bonchev–Trinajstić information content (AvgIpc) is 2.46. The first-order valence-electron chi connectivity index (χ1n) is 6.69. The molecule has 1 aromatic carbocycles. The first-order chi connectivity index (χ1) is 9.97. The van der Waals surface area contributed by atoms with E-state index in [0.29, 0.717) is 12.1 Å². The van der Waals surface area contributed by atoms with Gasteiger partial charge in [0, 0.05) is 5.69 Å². The quantitative estimate of drug-likeness (QED) is 0.793. The first-order valence-corrected chi connectivity index (χ1v) is 8.09. The standard InChI is InChI=1S/C15H22N2O3S/c1-10-5-6-12(9-11(10)2)16-15(19)17-13(7-8-21-4)14(18)20-3/h5-6,9,13H,7-8H2,1-4H3,(H2,16,17,19). The Morgan fingerprint density at radius 2 is 2.00 bits per heavy atom. The minimum Gasteiger partial charge on any atom is -0.467 e. The van der Waals surface area contributed by atoms with Crippen molar-refractivity contribution in [1.82, 2.24) is 5.32 Å². The predicted molar refractivity (Wildman–Crippen MR) is 86.9 cm³/mol. The van der Waals surface area contributed by atoms with Gasteiger partial charge in [-0.05, 0) is 55.5 Å². The lowest BCUT2D eigenvalue weighted by atomic mass is 10.1. The molecule has 0 heterocycles. The molecule has 1 aromatic rings. The van der Waals surface area contributed by atoms with Crippen LogP contribution in [0.4, 0.5) is 10.5 Å². The van der Waals surface area contributed by atoms with Crippen LogP contribution in [0.2, 0.25) is 0 Å². The molecule has 0 saturated carbocycles. The second-order valence-electron chi connectivity index (χ2n) is 4.75. The fraction of sp³-hybridized carbons (Fsp3) is 0.467. The molecule has 21 heavy (non-hydrogen) atoms. The van der Waals surface area contributed by atoms with Gasteiger partial charge >= 0.3 is 12.0 Å². The fourth-order valence-corrected chi connectivity index (χ4v) is 2.24. The molecule has 116 valence electrons. The highest BCUT2D eigenvalue weighted by Crippen LogP contribution is 2.14. The first kappa shape index (κ1) is 17.4. The van der Waals surface area contributed by atoms with Crippen LogP contribution in [0.25, 0.3) is 0 Å². The van der Waals surface area contributed by atoms with E-state index in [9.17, 15) is 9.59 Å². The number of esters is 1. The maximum atomic E-state index is 12.0. The van der Waals surface area contributed by atoms with Crippen LogP contribution in [0.1, 0.15) is 17.5 Å². The van der Waals surface area contributed by atoms with Crippen LogP contribution in [0.15, 0.2) is 18.2 Å². The summed E-state index contributed by atoms with van der Waals surface area (Å²) in [6.45, 7) is 3.99. The summed E-state index contributed by atoms with van der Waals surface area (Å²) in [5, 5.41) is 5.38. The van der Waals surface area contributed by atoms with E-state index in [2.05, 4.69) is 10.6 Å². The van der Waals surface area contributed by atoms with Gasteiger partial charge in [0.15, 0.2) is 0 Å². The number of amides is 2. The number of urea groups is 1. The van der Waals surface area contributed by atoms with Crippen molar-refractivity contribution in [3.05, 3.63) is 29.3 Å². The minimum atomic E-state index is -0.631. The summed E-state index contributed by atoms with van der Waals surface area (Å²) in [6, 6.07) is 4.63. The topological polar surface area (TPSA) is 67.4 Å². The second-order valence-corrected chi connectivity index (χ2v) is 5.74. The molecule has 0 radical (unpaired) electrons. The summed E-state index contributed by atoms with van der Waals surface area (Å²) in [7, 11) is 1.32. The van der Waals surface area contributed by atoms with Gasteiger partial charge in [0.05, 0.1) is 7.11 Å². The van der Waals surface area contributed by atoms with Crippen molar-refractivity contribution in [2.45, 2.75) is 26.3 Å². The molecule has 0 spiro atoms. The fourth-order valence-electron chi connectivity index (χ4n) is 1.77. The highest BCUT2D eigenvalue weighted by molar-refractivity contribution is 7.98. The molecule has 1 rings (SSSR count). The van der Waals surface area contributed by atoms with E-state index < -0.39 is 18.0 Å². The number of thioether (sulfide) groups is 1. The number of ether oxygens (including phenoxy) is 1. The molecule has 0 bridgehead atoms. The van der Waals surface area contributed by atoms with Gasteiger partial charge in [-0.1, -0.05) is 6.07 Å². The zero-order valence-electron chi connectivity index (χ0n) is 12.9. The molecule has 0 aliphatic carbocycles. The molecule has 6 heteroatoms. The summed E-state index contributed by atoms with van der Waals surface area (Å²) < 4.78 is 4.70. The van der Waals surface area contributed by atoms with E-state index in [-0.39, 0.29) is 0 Å². The van der Waals surface area contributed by atoms with Gasteiger partial charge in [-0.25, -0.2) is 9.59 Å².